The molecule has 1 aromatic carbocycles. The molecule has 0 aromatic heterocycles. The zero-order valence-electron chi connectivity index (χ0n) is 14.5. The van der Waals surface area contributed by atoms with Crippen LogP contribution in [0.1, 0.15) is 45.6 Å². The van der Waals surface area contributed by atoms with E-state index in [1.54, 1.807) is 0 Å². The van der Waals surface area contributed by atoms with Crippen molar-refractivity contribution in [2.45, 2.75) is 45.4 Å². The summed E-state index contributed by atoms with van der Waals surface area (Å²) in [5, 5.41) is 0.727. The second-order valence-electron chi connectivity index (χ2n) is 7.08. The van der Waals surface area contributed by atoms with Crippen molar-refractivity contribution in [1.29, 1.82) is 0 Å². The van der Waals surface area contributed by atoms with Crippen LogP contribution in [0.4, 0.5) is 0 Å². The molecule has 1 unspecified atom stereocenters. The van der Waals surface area contributed by atoms with Crippen LogP contribution in [0.2, 0.25) is 5.02 Å². The molecule has 1 amide bonds. The summed E-state index contributed by atoms with van der Waals surface area (Å²) in [6.45, 7) is 9.47. The average molecular weight is 338 g/mol. The molecule has 1 saturated heterocycles. The first-order chi connectivity index (χ1) is 10.9. The van der Waals surface area contributed by atoms with Gasteiger partial charge in [-0.2, -0.15) is 0 Å². The van der Waals surface area contributed by atoms with Gasteiger partial charge >= 0.3 is 0 Å². The molecule has 2 rings (SSSR count). The molecule has 0 aliphatic carbocycles. The molecule has 1 atom stereocenters. The normalized spacial score (nSPS) is 19.0. The summed E-state index contributed by atoms with van der Waals surface area (Å²) in [4.78, 5) is 14.8. The molecule has 3 nitrogen and oxygen atoms in total. The quantitative estimate of drug-likeness (QED) is 0.775. The van der Waals surface area contributed by atoms with Crippen molar-refractivity contribution in [3.05, 3.63) is 34.9 Å². The zero-order chi connectivity index (χ0) is 16.9. The van der Waals surface area contributed by atoms with E-state index in [0.29, 0.717) is 12.3 Å². The monoisotopic (exact) mass is 337 g/mol. The topological polar surface area (TPSA) is 29.5 Å². The first-order valence-electron chi connectivity index (χ1n) is 8.54. The molecule has 1 aliphatic rings. The van der Waals surface area contributed by atoms with Crippen LogP contribution < -0.4 is 0 Å². The Kier molecular flexibility index (Phi) is 6.49. The van der Waals surface area contributed by atoms with Crippen molar-refractivity contribution in [3.8, 4) is 0 Å². The second kappa shape index (κ2) is 8.16. The molecule has 0 bridgehead atoms. The Balaban J connectivity index is 1.95. The minimum absolute atomic E-state index is 0.186. The third-order valence-corrected chi connectivity index (χ3v) is 4.90. The summed E-state index contributed by atoms with van der Waals surface area (Å²) < 4.78 is 5.53. The molecule has 0 spiro atoms. The second-order valence-corrected chi connectivity index (χ2v) is 7.51. The molecule has 4 heteroatoms. The van der Waals surface area contributed by atoms with Gasteiger partial charge in [-0.15, -0.1) is 0 Å². The maximum atomic E-state index is 12.7. The number of halogens is 1. The fourth-order valence-electron chi connectivity index (χ4n) is 3.21. The number of carbonyl (C=O) groups is 1. The fraction of sp³-hybridized carbons (Fsp3) is 0.632. The number of likely N-dealkylation sites (tertiary alicyclic amines) is 1. The highest BCUT2D eigenvalue weighted by atomic mass is 35.5. The number of benzene rings is 1. The van der Waals surface area contributed by atoms with Crippen LogP contribution in [0.15, 0.2) is 24.3 Å². The van der Waals surface area contributed by atoms with Crippen LogP contribution in [-0.4, -0.2) is 37.1 Å². The van der Waals surface area contributed by atoms with Gasteiger partial charge in [-0.3, -0.25) is 4.79 Å². The zero-order valence-corrected chi connectivity index (χ0v) is 15.2. The van der Waals surface area contributed by atoms with Crippen LogP contribution in [0.5, 0.6) is 0 Å². The lowest BCUT2D eigenvalue weighted by Crippen LogP contribution is -2.43. The molecule has 1 fully saturated rings. The molecule has 128 valence electrons. The molecule has 23 heavy (non-hydrogen) atoms. The predicted molar refractivity (Wildman–Crippen MR) is 94.9 cm³/mol. The van der Waals surface area contributed by atoms with Crippen LogP contribution in [-0.2, 0) is 14.9 Å². The van der Waals surface area contributed by atoms with Gasteiger partial charge in [-0.05, 0) is 48.8 Å². The van der Waals surface area contributed by atoms with Gasteiger partial charge in [0.1, 0.15) is 0 Å². The molecule has 0 radical (unpaired) electrons. The molecular formula is C19H28ClNO2. The summed E-state index contributed by atoms with van der Waals surface area (Å²) in [7, 11) is 0. The first-order valence-corrected chi connectivity index (χ1v) is 8.91. The number of hydrogen-bond donors (Lipinski definition) is 0. The Hall–Kier alpha value is -1.06. The smallest absolute Gasteiger partial charge is 0.223 e. The number of piperidine rings is 1. The van der Waals surface area contributed by atoms with E-state index in [4.69, 9.17) is 16.3 Å². The predicted octanol–water partition coefficient (Wildman–Crippen LogP) is 4.28. The summed E-state index contributed by atoms with van der Waals surface area (Å²) in [6.07, 6.45) is 2.76. The Bertz CT molecular complexity index is 513. The third kappa shape index (κ3) is 5.22. The van der Waals surface area contributed by atoms with Gasteiger partial charge in [0.15, 0.2) is 0 Å². The average Bonchev–Trinajstić information content (AvgIpc) is 2.53. The van der Waals surface area contributed by atoms with E-state index in [9.17, 15) is 4.79 Å². The molecule has 1 aliphatic heterocycles. The van der Waals surface area contributed by atoms with E-state index >= 15 is 0 Å². The Morgan fingerprint density at radius 3 is 2.70 bits per heavy atom. The molecular weight excluding hydrogens is 310 g/mol. The van der Waals surface area contributed by atoms with Crippen LogP contribution in [0, 0.1) is 5.92 Å². The van der Waals surface area contributed by atoms with E-state index < -0.39 is 0 Å². The highest BCUT2D eigenvalue weighted by Crippen LogP contribution is 2.29. The SMILES string of the molecule is CCOCC1CCCN(C(=O)CC(C)(C)c2ccc(Cl)cc2)C1. The van der Waals surface area contributed by atoms with Gasteiger partial charge in [-0.25, -0.2) is 0 Å². The minimum Gasteiger partial charge on any atom is -0.381 e. The maximum Gasteiger partial charge on any atom is 0.223 e. The van der Waals surface area contributed by atoms with Crippen LogP contribution in [0.25, 0.3) is 0 Å². The van der Waals surface area contributed by atoms with Crippen LogP contribution in [0.3, 0.4) is 0 Å². The van der Waals surface area contributed by atoms with E-state index in [0.717, 1.165) is 49.7 Å². The van der Waals surface area contributed by atoms with Crippen molar-refractivity contribution in [1.82, 2.24) is 4.90 Å². The lowest BCUT2D eigenvalue weighted by atomic mass is 9.81. The van der Waals surface area contributed by atoms with Gasteiger partial charge in [0.25, 0.3) is 0 Å². The molecule has 1 heterocycles. The van der Waals surface area contributed by atoms with E-state index in [-0.39, 0.29) is 11.3 Å². The number of nitrogens with zero attached hydrogens (tertiary/aromatic N) is 1. The van der Waals surface area contributed by atoms with Crippen LogP contribution >= 0.6 is 11.6 Å². The van der Waals surface area contributed by atoms with Gasteiger partial charge in [0.2, 0.25) is 5.91 Å². The van der Waals surface area contributed by atoms with E-state index in [1.807, 2.05) is 36.1 Å². The highest BCUT2D eigenvalue weighted by molar-refractivity contribution is 6.30. The Morgan fingerprint density at radius 1 is 1.35 bits per heavy atom. The number of carbonyl (C=O) groups excluding carboxylic acids is 1. The maximum absolute atomic E-state index is 12.7. The van der Waals surface area contributed by atoms with E-state index in [1.165, 1.54) is 0 Å². The van der Waals surface area contributed by atoms with Crippen molar-refractivity contribution in [3.63, 3.8) is 0 Å². The number of ether oxygens (including phenoxy) is 1. The van der Waals surface area contributed by atoms with Crippen molar-refractivity contribution in [2.75, 3.05) is 26.3 Å². The van der Waals surface area contributed by atoms with Crippen molar-refractivity contribution >= 4 is 17.5 Å². The summed E-state index contributed by atoms with van der Waals surface area (Å²) >= 11 is 5.96. The third-order valence-electron chi connectivity index (χ3n) is 4.65. The lowest BCUT2D eigenvalue weighted by molar-refractivity contribution is -0.134. The van der Waals surface area contributed by atoms with Crippen molar-refractivity contribution < 1.29 is 9.53 Å². The summed E-state index contributed by atoms with van der Waals surface area (Å²) in [5.74, 6) is 0.720. The molecule has 0 N–H and O–H groups in total. The first kappa shape index (κ1) is 18.3. The molecule has 1 aromatic rings. The summed E-state index contributed by atoms with van der Waals surface area (Å²) in [6, 6.07) is 7.82. The Labute approximate surface area is 145 Å². The lowest BCUT2D eigenvalue weighted by Gasteiger charge is -2.35. The largest absolute Gasteiger partial charge is 0.381 e. The number of rotatable bonds is 6. The van der Waals surface area contributed by atoms with Gasteiger partial charge in [0, 0.05) is 31.1 Å². The van der Waals surface area contributed by atoms with Gasteiger partial charge < -0.3 is 9.64 Å². The number of amides is 1. The van der Waals surface area contributed by atoms with Crippen molar-refractivity contribution in [2.24, 2.45) is 5.92 Å². The van der Waals surface area contributed by atoms with Gasteiger partial charge in [-0.1, -0.05) is 37.6 Å². The number of hydrogen-bond acceptors (Lipinski definition) is 2. The van der Waals surface area contributed by atoms with E-state index in [2.05, 4.69) is 13.8 Å². The summed E-state index contributed by atoms with van der Waals surface area (Å²) in [5.41, 5.74) is 0.965. The Morgan fingerprint density at radius 2 is 2.04 bits per heavy atom. The van der Waals surface area contributed by atoms with Gasteiger partial charge in [0.05, 0.1) is 6.61 Å². The standard InChI is InChI=1S/C19H28ClNO2/c1-4-23-14-15-6-5-11-21(13-15)18(22)12-19(2,3)16-7-9-17(20)10-8-16/h7-10,15H,4-6,11-14H2,1-3H3. The molecule has 0 saturated carbocycles. The highest BCUT2D eigenvalue weighted by Gasteiger charge is 2.29. The fourth-order valence-corrected chi connectivity index (χ4v) is 3.33. The minimum atomic E-state index is -0.186.